The minimum absolute atomic E-state index is 0.169. The van der Waals surface area contributed by atoms with E-state index in [9.17, 15) is 23.3 Å². The second-order valence-corrected chi connectivity index (χ2v) is 6.83. The predicted molar refractivity (Wildman–Crippen MR) is 88.5 cm³/mol. The largest absolute Gasteiger partial charge is 0.495 e. The lowest BCUT2D eigenvalue weighted by molar-refractivity contribution is -0.385. The third kappa shape index (κ3) is 4.00. The summed E-state index contributed by atoms with van der Waals surface area (Å²) >= 11 is 0. The van der Waals surface area contributed by atoms with E-state index in [4.69, 9.17) is 9.15 Å². The molecule has 0 bridgehead atoms. The summed E-state index contributed by atoms with van der Waals surface area (Å²) in [5.41, 5.74) is -0.111. The lowest BCUT2D eigenvalue weighted by Gasteiger charge is -2.09. The zero-order valence-electron chi connectivity index (χ0n) is 14.1. The summed E-state index contributed by atoms with van der Waals surface area (Å²) < 4.78 is 42.1. The molecular weight excluding hydrogens is 368 g/mol. The highest BCUT2D eigenvalue weighted by Gasteiger charge is 2.23. The SMILES string of the molecule is COC(=O)c1cc(CNS(=O)(=O)c2ccc([N+](=O)[O-])cc2OC)oc1C. The molecule has 140 valence electrons. The van der Waals surface area contributed by atoms with Crippen LogP contribution in [0.4, 0.5) is 5.69 Å². The van der Waals surface area contributed by atoms with Crippen LogP contribution in [0.5, 0.6) is 5.75 Å². The molecule has 0 saturated heterocycles. The molecule has 0 aliphatic carbocycles. The average molecular weight is 384 g/mol. The lowest BCUT2D eigenvalue weighted by atomic mass is 10.2. The summed E-state index contributed by atoms with van der Waals surface area (Å²) in [7, 11) is -1.62. The standard InChI is InChI=1S/C15H16N2O8S/c1-9-12(15(18)24-3)7-11(25-9)8-16-26(21,22)14-5-4-10(17(19)20)6-13(14)23-2/h4-7,16H,8H2,1-3H3. The zero-order valence-corrected chi connectivity index (χ0v) is 15.0. The maximum atomic E-state index is 12.5. The molecule has 2 aromatic rings. The number of methoxy groups -OCH3 is 2. The molecule has 1 aromatic heterocycles. The number of carbonyl (C=O) groups is 1. The Morgan fingerprint density at radius 1 is 1.31 bits per heavy atom. The number of rotatable bonds is 7. The van der Waals surface area contributed by atoms with Crippen molar-refractivity contribution in [2.75, 3.05) is 14.2 Å². The fourth-order valence-electron chi connectivity index (χ4n) is 2.18. The van der Waals surface area contributed by atoms with Crippen LogP contribution in [0.25, 0.3) is 0 Å². The van der Waals surface area contributed by atoms with Gasteiger partial charge in [0.25, 0.3) is 5.69 Å². The molecule has 0 aliphatic heterocycles. The normalized spacial score (nSPS) is 11.2. The van der Waals surface area contributed by atoms with Crippen LogP contribution in [0.2, 0.25) is 0 Å². The Bertz CT molecular complexity index is 949. The van der Waals surface area contributed by atoms with Crippen molar-refractivity contribution in [2.24, 2.45) is 0 Å². The van der Waals surface area contributed by atoms with E-state index in [0.29, 0.717) is 5.76 Å². The maximum Gasteiger partial charge on any atom is 0.341 e. The number of aryl methyl sites for hydroxylation is 1. The topological polar surface area (TPSA) is 138 Å². The Morgan fingerprint density at radius 2 is 2.00 bits per heavy atom. The van der Waals surface area contributed by atoms with Gasteiger partial charge in [0.1, 0.15) is 27.7 Å². The third-order valence-corrected chi connectivity index (χ3v) is 4.90. The van der Waals surface area contributed by atoms with Crippen LogP contribution in [0.1, 0.15) is 21.9 Å². The number of nitrogens with zero attached hydrogens (tertiary/aromatic N) is 1. The molecule has 1 heterocycles. The van der Waals surface area contributed by atoms with Crippen molar-refractivity contribution in [1.29, 1.82) is 0 Å². The van der Waals surface area contributed by atoms with E-state index in [1.54, 1.807) is 6.92 Å². The van der Waals surface area contributed by atoms with Crippen LogP contribution in [0.3, 0.4) is 0 Å². The molecule has 0 aliphatic rings. The van der Waals surface area contributed by atoms with E-state index in [1.165, 1.54) is 20.3 Å². The number of nitro groups is 1. The number of ether oxygens (including phenoxy) is 2. The molecule has 0 fully saturated rings. The van der Waals surface area contributed by atoms with Gasteiger partial charge >= 0.3 is 5.97 Å². The Balaban J connectivity index is 2.24. The van der Waals surface area contributed by atoms with E-state index in [1.807, 2.05) is 0 Å². The molecule has 11 heteroatoms. The van der Waals surface area contributed by atoms with Crippen LogP contribution in [-0.2, 0) is 21.3 Å². The number of esters is 1. The number of sulfonamides is 1. The zero-order chi connectivity index (χ0) is 19.5. The van der Waals surface area contributed by atoms with Crippen molar-refractivity contribution in [3.8, 4) is 5.75 Å². The van der Waals surface area contributed by atoms with Gasteiger partial charge in [-0.05, 0) is 19.1 Å². The van der Waals surface area contributed by atoms with Crippen molar-refractivity contribution >= 4 is 21.7 Å². The number of hydrogen-bond donors (Lipinski definition) is 1. The van der Waals surface area contributed by atoms with E-state index in [-0.39, 0.29) is 34.2 Å². The number of benzene rings is 1. The molecule has 0 unspecified atom stereocenters. The van der Waals surface area contributed by atoms with Gasteiger partial charge in [-0.2, -0.15) is 0 Å². The van der Waals surface area contributed by atoms with Gasteiger partial charge in [-0.1, -0.05) is 0 Å². The summed E-state index contributed by atoms with van der Waals surface area (Å²) in [6.45, 7) is 1.31. The molecule has 0 atom stereocenters. The van der Waals surface area contributed by atoms with Crippen LogP contribution in [-0.4, -0.2) is 33.5 Å². The van der Waals surface area contributed by atoms with Gasteiger partial charge in [0.05, 0.1) is 31.8 Å². The van der Waals surface area contributed by atoms with Crippen molar-refractivity contribution < 1.29 is 32.0 Å². The number of nitro benzene ring substituents is 1. The van der Waals surface area contributed by atoms with E-state index in [2.05, 4.69) is 9.46 Å². The third-order valence-electron chi connectivity index (χ3n) is 3.46. The van der Waals surface area contributed by atoms with Crippen LogP contribution < -0.4 is 9.46 Å². The first-order valence-electron chi connectivity index (χ1n) is 7.19. The van der Waals surface area contributed by atoms with Crippen LogP contribution in [0.15, 0.2) is 33.6 Å². The number of carbonyl (C=O) groups excluding carboxylic acids is 1. The first-order valence-corrected chi connectivity index (χ1v) is 8.67. The first-order chi connectivity index (χ1) is 12.2. The molecule has 26 heavy (non-hydrogen) atoms. The Labute approximate surface area is 148 Å². The molecule has 0 amide bonds. The van der Waals surface area contributed by atoms with E-state index < -0.39 is 20.9 Å². The summed E-state index contributed by atoms with van der Waals surface area (Å²) in [6.07, 6.45) is 0. The minimum Gasteiger partial charge on any atom is -0.495 e. The second kappa shape index (κ2) is 7.54. The molecule has 10 nitrogen and oxygen atoms in total. The number of non-ortho nitro benzene ring substituents is 1. The van der Waals surface area contributed by atoms with Crippen LogP contribution in [0, 0.1) is 17.0 Å². The van der Waals surface area contributed by atoms with E-state index >= 15 is 0 Å². The lowest BCUT2D eigenvalue weighted by Crippen LogP contribution is -2.23. The van der Waals surface area contributed by atoms with Crippen molar-refractivity contribution in [3.63, 3.8) is 0 Å². The van der Waals surface area contributed by atoms with Crippen molar-refractivity contribution in [3.05, 3.63) is 51.5 Å². The molecule has 1 N–H and O–H groups in total. The van der Waals surface area contributed by atoms with Gasteiger partial charge < -0.3 is 13.9 Å². The van der Waals surface area contributed by atoms with Crippen molar-refractivity contribution in [1.82, 2.24) is 4.72 Å². The molecule has 2 rings (SSSR count). The highest BCUT2D eigenvalue weighted by atomic mass is 32.2. The molecule has 0 saturated carbocycles. The van der Waals surface area contributed by atoms with Crippen LogP contribution >= 0.6 is 0 Å². The number of hydrogen-bond acceptors (Lipinski definition) is 8. The molecule has 0 radical (unpaired) electrons. The second-order valence-electron chi connectivity index (χ2n) is 5.09. The van der Waals surface area contributed by atoms with Gasteiger partial charge in [-0.15, -0.1) is 0 Å². The monoisotopic (exact) mass is 384 g/mol. The van der Waals surface area contributed by atoms with Gasteiger partial charge in [-0.3, -0.25) is 10.1 Å². The molecular formula is C15H16N2O8S. The summed E-state index contributed by atoms with van der Waals surface area (Å²) in [6, 6.07) is 4.52. The minimum atomic E-state index is -4.05. The summed E-state index contributed by atoms with van der Waals surface area (Å²) in [5.74, 6) is -0.277. The van der Waals surface area contributed by atoms with Crippen molar-refractivity contribution in [2.45, 2.75) is 18.4 Å². The van der Waals surface area contributed by atoms with Gasteiger partial charge in [0.15, 0.2) is 0 Å². The Kier molecular flexibility index (Phi) is 5.63. The Morgan fingerprint density at radius 3 is 2.58 bits per heavy atom. The predicted octanol–water partition coefficient (Wildman–Crippen LogP) is 1.77. The average Bonchev–Trinajstić information content (AvgIpc) is 2.99. The van der Waals surface area contributed by atoms with Gasteiger partial charge in [-0.25, -0.2) is 17.9 Å². The fourth-order valence-corrected chi connectivity index (χ4v) is 3.32. The van der Waals surface area contributed by atoms with Gasteiger partial charge in [0.2, 0.25) is 10.0 Å². The fraction of sp³-hybridized carbons (Fsp3) is 0.267. The smallest absolute Gasteiger partial charge is 0.341 e. The Hall–Kier alpha value is -2.92. The van der Waals surface area contributed by atoms with E-state index in [0.717, 1.165) is 18.2 Å². The van der Waals surface area contributed by atoms with Gasteiger partial charge in [0, 0.05) is 6.07 Å². The first kappa shape index (κ1) is 19.4. The maximum absolute atomic E-state index is 12.5. The number of nitrogens with one attached hydrogen (secondary N) is 1. The molecule has 0 spiro atoms. The summed E-state index contributed by atoms with van der Waals surface area (Å²) in [5, 5.41) is 10.8. The highest BCUT2D eigenvalue weighted by molar-refractivity contribution is 7.89. The molecule has 1 aromatic carbocycles. The number of furan rings is 1. The summed E-state index contributed by atoms with van der Waals surface area (Å²) in [4.78, 5) is 21.4. The highest BCUT2D eigenvalue weighted by Crippen LogP contribution is 2.28. The quantitative estimate of drug-likeness (QED) is 0.433.